The number of hydrogen-bond acceptors (Lipinski definition) is 12. The fraction of sp³-hybridized carbons (Fsp3) is 0.500. The molecule has 1 amide bonds. The predicted octanol–water partition coefficient (Wildman–Crippen LogP) is 5.68. The molecule has 2 aromatic carbocycles. The van der Waals surface area contributed by atoms with Crippen LogP contribution in [0.4, 0.5) is 5.82 Å². The van der Waals surface area contributed by atoms with E-state index in [1.54, 1.807) is 18.4 Å². The second kappa shape index (κ2) is 20.9. The normalized spacial score (nSPS) is 18.8. The maximum Gasteiger partial charge on any atom is 0.220 e. The summed E-state index contributed by atoms with van der Waals surface area (Å²) in [5.41, 5.74) is 3.23. The fourth-order valence-corrected chi connectivity index (χ4v) is 6.71. The Morgan fingerprint density at radius 2 is 1.57 bits per heavy atom. The number of aryl methyl sites for hydroxylation is 1. The van der Waals surface area contributed by atoms with Crippen molar-refractivity contribution in [1.82, 2.24) is 20.6 Å². The Kier molecular flexibility index (Phi) is 15.7. The average Bonchev–Trinajstić information content (AvgIpc) is 3.63. The minimum absolute atomic E-state index is 0.00671. The number of rotatable bonds is 1. The molecule has 3 heterocycles. The number of carbonyl (C=O) groups is 1. The average molecular weight is 722 g/mol. The van der Waals surface area contributed by atoms with Crippen LogP contribution in [0.2, 0.25) is 0 Å². The summed E-state index contributed by atoms with van der Waals surface area (Å²) >= 11 is 1.77. The maximum absolute atomic E-state index is 12.2. The first-order valence-electron chi connectivity index (χ1n) is 17.7. The van der Waals surface area contributed by atoms with Crippen molar-refractivity contribution >= 4 is 34.0 Å². The number of nitrogens with zero attached hydrogens (tertiary/aromatic N) is 2. The van der Waals surface area contributed by atoms with E-state index >= 15 is 0 Å². The minimum Gasteiger partial charge on any atom is -0.493 e. The molecule has 0 spiro atoms. The van der Waals surface area contributed by atoms with Gasteiger partial charge in [-0.2, -0.15) is 0 Å². The van der Waals surface area contributed by atoms with Crippen molar-refractivity contribution in [1.29, 1.82) is 0 Å². The number of fused-ring (bicyclic) bond motifs is 5. The third-order valence-corrected chi connectivity index (χ3v) is 9.58. The van der Waals surface area contributed by atoms with Gasteiger partial charge in [0.1, 0.15) is 18.2 Å². The smallest absolute Gasteiger partial charge is 0.220 e. The molecule has 276 valence electrons. The number of benzene rings is 2. The van der Waals surface area contributed by atoms with Gasteiger partial charge in [-0.15, -0.1) is 11.3 Å². The molecule has 13 heteroatoms. The Balaban J connectivity index is 1.26. The summed E-state index contributed by atoms with van der Waals surface area (Å²) in [4.78, 5) is 24.1. The summed E-state index contributed by atoms with van der Waals surface area (Å²) in [7, 11) is 1.62. The highest BCUT2D eigenvalue weighted by molar-refractivity contribution is 7.15. The highest BCUT2D eigenvalue weighted by Gasteiger charge is 2.17. The lowest BCUT2D eigenvalue weighted by Crippen LogP contribution is -2.27. The van der Waals surface area contributed by atoms with Crippen LogP contribution < -0.4 is 25.4 Å². The molecule has 1 atom stereocenters. The van der Waals surface area contributed by atoms with E-state index in [4.69, 9.17) is 33.4 Å². The quantitative estimate of drug-likeness (QED) is 0.224. The van der Waals surface area contributed by atoms with Crippen LogP contribution in [-0.2, 0) is 30.3 Å². The number of aromatic nitrogens is 2. The van der Waals surface area contributed by atoms with Gasteiger partial charge in [-0.05, 0) is 62.6 Å². The van der Waals surface area contributed by atoms with Gasteiger partial charge in [-0.3, -0.25) is 4.79 Å². The molecule has 0 radical (unpaired) electrons. The van der Waals surface area contributed by atoms with E-state index in [-0.39, 0.29) is 11.9 Å². The number of carbonyl (C=O) groups excluding carboxylic acids is 1. The zero-order valence-electron chi connectivity index (χ0n) is 30.0. The lowest BCUT2D eigenvalue weighted by molar-refractivity contribution is -0.121. The molecule has 12 nitrogen and oxygen atoms in total. The molecule has 0 fully saturated rings. The van der Waals surface area contributed by atoms with Gasteiger partial charge in [0.25, 0.3) is 0 Å². The summed E-state index contributed by atoms with van der Waals surface area (Å²) < 4.78 is 34.2. The van der Waals surface area contributed by atoms with Gasteiger partial charge in [0, 0.05) is 40.7 Å². The Hall–Kier alpha value is -3.85. The number of anilines is 1. The number of ether oxygens (including phenoxy) is 6. The first-order valence-corrected chi connectivity index (χ1v) is 18.6. The van der Waals surface area contributed by atoms with E-state index in [0.29, 0.717) is 89.8 Å². The Bertz CT molecular complexity index is 1670. The van der Waals surface area contributed by atoms with Crippen LogP contribution >= 0.6 is 11.3 Å². The highest BCUT2D eigenvalue weighted by atomic mass is 32.1. The lowest BCUT2D eigenvalue weighted by Gasteiger charge is -2.17. The van der Waals surface area contributed by atoms with Crippen LogP contribution in [0.1, 0.15) is 48.5 Å². The van der Waals surface area contributed by atoms with Crippen molar-refractivity contribution in [2.75, 3.05) is 85.0 Å². The van der Waals surface area contributed by atoms with Crippen molar-refractivity contribution in [3.05, 3.63) is 64.8 Å². The molecule has 51 heavy (non-hydrogen) atoms. The number of hydrogen-bond donors (Lipinski definition) is 3. The van der Waals surface area contributed by atoms with Crippen molar-refractivity contribution in [2.24, 2.45) is 0 Å². The second-order valence-corrected chi connectivity index (χ2v) is 13.3. The molecule has 2 aromatic heterocycles. The summed E-state index contributed by atoms with van der Waals surface area (Å²) in [5, 5.41) is 11.0. The Morgan fingerprint density at radius 1 is 0.843 bits per heavy atom. The minimum atomic E-state index is -0.00671. The van der Waals surface area contributed by atoms with Gasteiger partial charge in [0.2, 0.25) is 5.91 Å². The van der Waals surface area contributed by atoms with Gasteiger partial charge in [-0.1, -0.05) is 24.3 Å². The third-order valence-electron chi connectivity index (χ3n) is 8.28. The molecule has 5 rings (SSSR count). The summed E-state index contributed by atoms with van der Waals surface area (Å²) in [6.07, 6.45) is 2.25. The van der Waals surface area contributed by atoms with Gasteiger partial charge >= 0.3 is 0 Å². The summed E-state index contributed by atoms with van der Waals surface area (Å²) in [5.74, 6) is 2.64. The zero-order valence-corrected chi connectivity index (χ0v) is 30.8. The number of methoxy groups -OCH3 is 1. The summed E-state index contributed by atoms with van der Waals surface area (Å²) in [6, 6.07) is 16.7. The van der Waals surface area contributed by atoms with Crippen molar-refractivity contribution < 1.29 is 33.2 Å². The van der Waals surface area contributed by atoms with Crippen LogP contribution in [0.25, 0.3) is 21.3 Å². The van der Waals surface area contributed by atoms with Gasteiger partial charge in [0.05, 0.1) is 71.5 Å². The first-order chi connectivity index (χ1) is 25.0. The van der Waals surface area contributed by atoms with E-state index in [1.807, 2.05) is 19.1 Å². The SMILES string of the molecule is COc1cc2nc(C)nc3c2cc1OCCOCCOCCOCCOCCNC(=O)CCCCNCc1ccccc1-c1ccc(s1)C(C)N3. The highest BCUT2D eigenvalue weighted by Crippen LogP contribution is 2.37. The monoisotopic (exact) mass is 721 g/mol. The van der Waals surface area contributed by atoms with Crippen molar-refractivity contribution in [3.8, 4) is 21.9 Å². The maximum atomic E-state index is 12.2. The van der Waals surface area contributed by atoms with E-state index in [9.17, 15) is 4.79 Å². The molecule has 1 unspecified atom stereocenters. The van der Waals surface area contributed by atoms with Crippen molar-refractivity contribution in [2.45, 2.75) is 45.7 Å². The molecular formula is C38H51N5O7S. The van der Waals surface area contributed by atoms with Gasteiger partial charge < -0.3 is 44.4 Å². The molecule has 0 saturated heterocycles. The molecule has 4 aromatic rings. The van der Waals surface area contributed by atoms with Crippen LogP contribution in [0, 0.1) is 6.92 Å². The topological polar surface area (TPSA) is 134 Å². The van der Waals surface area contributed by atoms with E-state index in [0.717, 1.165) is 42.7 Å². The van der Waals surface area contributed by atoms with Crippen LogP contribution in [0.15, 0.2) is 48.5 Å². The first kappa shape index (κ1) is 38.4. The van der Waals surface area contributed by atoms with E-state index in [2.05, 4.69) is 64.3 Å². The van der Waals surface area contributed by atoms with E-state index in [1.165, 1.54) is 20.9 Å². The zero-order chi connectivity index (χ0) is 35.7. The number of thiophene rings is 1. The third kappa shape index (κ3) is 12.1. The van der Waals surface area contributed by atoms with Gasteiger partial charge in [0.15, 0.2) is 11.5 Å². The number of nitrogens with one attached hydrogen (secondary N) is 3. The standard InChI is InChI=1S/C38H51N5O7S/c1-27-35-11-12-36(51-35)30-9-5-4-8-29(30)26-39-13-7-6-10-37(44)40-14-15-46-16-17-47-18-19-48-20-21-49-22-23-50-34-24-31-32(25-33(34)45-3)42-28(2)43-38(31)41-27/h4-5,8-9,11-12,24-25,27,39H,6-7,10,13-23,26H2,1-3H3,(H,40,44)(H,41,42,43). The van der Waals surface area contributed by atoms with Crippen LogP contribution in [0.5, 0.6) is 11.5 Å². The lowest BCUT2D eigenvalue weighted by atomic mass is 10.1. The fourth-order valence-electron chi connectivity index (χ4n) is 5.64. The molecule has 4 bridgehead atoms. The largest absolute Gasteiger partial charge is 0.493 e. The molecule has 1 aliphatic heterocycles. The Morgan fingerprint density at radius 3 is 2.33 bits per heavy atom. The second-order valence-electron chi connectivity index (χ2n) is 12.1. The molecule has 3 N–H and O–H groups in total. The molecule has 0 aliphatic carbocycles. The number of amides is 1. The molecule has 0 saturated carbocycles. The molecule has 1 aliphatic rings. The predicted molar refractivity (Wildman–Crippen MR) is 200 cm³/mol. The molecular weight excluding hydrogens is 671 g/mol. The Labute approximate surface area is 304 Å². The summed E-state index contributed by atoms with van der Waals surface area (Å²) in [6.45, 7) is 10.1. The van der Waals surface area contributed by atoms with Crippen molar-refractivity contribution in [3.63, 3.8) is 0 Å². The van der Waals surface area contributed by atoms with Crippen LogP contribution in [-0.4, -0.2) is 95.5 Å². The van der Waals surface area contributed by atoms with E-state index < -0.39 is 0 Å². The van der Waals surface area contributed by atoms with Gasteiger partial charge in [-0.25, -0.2) is 9.97 Å². The van der Waals surface area contributed by atoms with Crippen LogP contribution in [0.3, 0.4) is 0 Å².